The van der Waals surface area contributed by atoms with E-state index in [1.165, 1.54) is 6.07 Å². The Labute approximate surface area is 166 Å². The molecule has 1 aromatic rings. The van der Waals surface area contributed by atoms with Crippen LogP contribution in [-0.2, 0) is 9.59 Å². The summed E-state index contributed by atoms with van der Waals surface area (Å²) in [5.41, 5.74) is 4.16. The van der Waals surface area contributed by atoms with E-state index in [4.69, 9.17) is 0 Å². The van der Waals surface area contributed by atoms with Gasteiger partial charge in [0.25, 0.3) is 0 Å². The van der Waals surface area contributed by atoms with E-state index in [-0.39, 0.29) is 28.2 Å². The molecule has 1 N–H and O–H groups in total. The predicted octanol–water partition coefficient (Wildman–Crippen LogP) is 5.11. The van der Waals surface area contributed by atoms with Gasteiger partial charge in [0.2, 0.25) is 0 Å². The number of nitrogens with one attached hydrogen (secondary N) is 1. The molecule has 0 fully saturated rings. The van der Waals surface area contributed by atoms with Crippen molar-refractivity contribution in [3.63, 3.8) is 0 Å². The van der Waals surface area contributed by atoms with Crippen molar-refractivity contribution in [1.29, 1.82) is 0 Å². The smallest absolute Gasteiger partial charge is 0.162 e. The van der Waals surface area contributed by atoms with Gasteiger partial charge in [-0.2, -0.15) is 0 Å². The molecular formula is C24H28FNO2. The van der Waals surface area contributed by atoms with E-state index >= 15 is 0 Å². The highest BCUT2D eigenvalue weighted by molar-refractivity contribution is 6.06. The molecular weight excluding hydrogens is 353 g/mol. The van der Waals surface area contributed by atoms with Gasteiger partial charge in [0.05, 0.1) is 0 Å². The summed E-state index contributed by atoms with van der Waals surface area (Å²) in [4.78, 5) is 26.3. The lowest BCUT2D eigenvalue weighted by molar-refractivity contribution is -0.119. The van der Waals surface area contributed by atoms with E-state index in [9.17, 15) is 14.0 Å². The molecule has 0 atom stereocenters. The average molecular weight is 381 g/mol. The van der Waals surface area contributed by atoms with E-state index in [1.807, 2.05) is 6.07 Å². The van der Waals surface area contributed by atoms with Crippen LogP contribution in [-0.4, -0.2) is 11.6 Å². The van der Waals surface area contributed by atoms with Gasteiger partial charge in [0, 0.05) is 41.3 Å². The number of hydrogen-bond acceptors (Lipinski definition) is 3. The fourth-order valence-corrected chi connectivity index (χ4v) is 5.01. The second-order valence-corrected chi connectivity index (χ2v) is 10.2. The topological polar surface area (TPSA) is 46.2 Å². The summed E-state index contributed by atoms with van der Waals surface area (Å²) in [6, 6.07) is 5.10. The Balaban J connectivity index is 1.93. The van der Waals surface area contributed by atoms with Crippen LogP contribution in [0.25, 0.3) is 0 Å². The Hall–Kier alpha value is -2.23. The van der Waals surface area contributed by atoms with Crippen LogP contribution in [0.4, 0.5) is 4.39 Å². The normalized spacial score (nSPS) is 24.1. The van der Waals surface area contributed by atoms with E-state index in [2.05, 4.69) is 33.0 Å². The van der Waals surface area contributed by atoms with Gasteiger partial charge in [-0.25, -0.2) is 4.39 Å². The maximum Gasteiger partial charge on any atom is 0.162 e. The highest BCUT2D eigenvalue weighted by Crippen LogP contribution is 2.51. The summed E-state index contributed by atoms with van der Waals surface area (Å²) < 4.78 is 14.4. The second-order valence-electron chi connectivity index (χ2n) is 10.2. The molecule has 0 unspecified atom stereocenters. The Morgan fingerprint density at radius 1 is 0.893 bits per heavy atom. The molecule has 0 radical (unpaired) electrons. The predicted molar refractivity (Wildman–Crippen MR) is 107 cm³/mol. The quantitative estimate of drug-likeness (QED) is 0.735. The maximum atomic E-state index is 14.4. The molecule has 1 aromatic carbocycles. The van der Waals surface area contributed by atoms with Gasteiger partial charge in [-0.3, -0.25) is 9.59 Å². The molecule has 0 amide bonds. The Bertz CT molecular complexity index is 913. The summed E-state index contributed by atoms with van der Waals surface area (Å²) in [6.45, 7) is 10.1. The monoisotopic (exact) mass is 381 g/mol. The Morgan fingerprint density at radius 2 is 1.39 bits per heavy atom. The minimum atomic E-state index is -0.464. The number of carbonyl (C=O) groups is 2. The lowest BCUT2D eigenvalue weighted by Gasteiger charge is -2.44. The van der Waals surface area contributed by atoms with E-state index in [0.717, 1.165) is 24.2 Å². The van der Waals surface area contributed by atoms with Gasteiger partial charge >= 0.3 is 0 Å². The first-order chi connectivity index (χ1) is 13.0. The summed E-state index contributed by atoms with van der Waals surface area (Å²) >= 11 is 0. The van der Waals surface area contributed by atoms with E-state index in [0.29, 0.717) is 35.1 Å². The van der Waals surface area contributed by atoms with E-state index < -0.39 is 5.92 Å². The molecule has 0 saturated carbocycles. The molecule has 28 heavy (non-hydrogen) atoms. The zero-order valence-corrected chi connectivity index (χ0v) is 17.3. The first-order valence-corrected chi connectivity index (χ1v) is 10.0. The number of Topliss-reactive ketones (excluding diaryl/α,β-unsaturated/α-hetero) is 2. The van der Waals surface area contributed by atoms with Crippen LogP contribution in [0.3, 0.4) is 0 Å². The third-order valence-electron chi connectivity index (χ3n) is 6.25. The van der Waals surface area contributed by atoms with Gasteiger partial charge in [-0.05, 0) is 47.8 Å². The zero-order chi connectivity index (χ0) is 20.4. The van der Waals surface area contributed by atoms with Crippen molar-refractivity contribution in [1.82, 2.24) is 5.32 Å². The molecule has 3 aliphatic rings. The fourth-order valence-electron chi connectivity index (χ4n) is 5.01. The number of carbonyl (C=O) groups excluding carboxylic acids is 2. The third kappa shape index (κ3) is 3.13. The molecule has 4 heteroatoms. The molecule has 0 spiro atoms. The number of rotatable bonds is 1. The van der Waals surface area contributed by atoms with Gasteiger partial charge in [-0.15, -0.1) is 0 Å². The number of benzene rings is 1. The number of dihydropyridines is 1. The van der Waals surface area contributed by atoms with Gasteiger partial charge < -0.3 is 5.32 Å². The standard InChI is InChI=1S/C24H28FNO2/c1-13-6-7-14(8-15(13)25)20-21-16(9-23(2,3)11-18(21)27)26-17-10-24(4,5)12-19(28)22(17)20/h6-8,20,26H,9-12H2,1-5H3. The minimum absolute atomic E-state index is 0.0638. The number of aryl methyl sites for hydroxylation is 1. The SMILES string of the molecule is Cc1ccc(C2C3=C(CC(C)(C)CC3=O)NC3=C2C(=O)CC(C)(C)C3)cc1F. The summed E-state index contributed by atoms with van der Waals surface area (Å²) in [6.07, 6.45) is 2.40. The zero-order valence-electron chi connectivity index (χ0n) is 17.3. The second kappa shape index (κ2) is 6.13. The minimum Gasteiger partial charge on any atom is -0.362 e. The fraction of sp³-hybridized carbons (Fsp3) is 0.500. The van der Waals surface area contributed by atoms with Crippen molar-refractivity contribution in [2.24, 2.45) is 10.8 Å². The van der Waals surface area contributed by atoms with Crippen LogP contribution in [0.1, 0.15) is 70.4 Å². The molecule has 148 valence electrons. The Kier molecular flexibility index (Phi) is 4.18. The van der Waals surface area contributed by atoms with Gasteiger partial charge in [0.15, 0.2) is 11.6 Å². The van der Waals surface area contributed by atoms with Crippen molar-refractivity contribution < 1.29 is 14.0 Å². The maximum absolute atomic E-state index is 14.4. The van der Waals surface area contributed by atoms with Crippen LogP contribution >= 0.6 is 0 Å². The molecule has 0 bridgehead atoms. The lowest BCUT2D eigenvalue weighted by Crippen LogP contribution is -2.42. The van der Waals surface area contributed by atoms with Crippen LogP contribution in [0.2, 0.25) is 0 Å². The summed E-state index contributed by atoms with van der Waals surface area (Å²) in [5.74, 6) is -0.635. The molecule has 4 rings (SSSR count). The number of allylic oxidation sites excluding steroid dienone is 4. The van der Waals surface area contributed by atoms with Crippen LogP contribution in [0, 0.1) is 23.6 Å². The molecule has 0 aromatic heterocycles. The molecule has 2 aliphatic carbocycles. The number of ketones is 2. The highest BCUT2D eigenvalue weighted by atomic mass is 19.1. The van der Waals surface area contributed by atoms with Gasteiger partial charge in [0.1, 0.15) is 5.82 Å². The Morgan fingerprint density at radius 3 is 1.86 bits per heavy atom. The first-order valence-electron chi connectivity index (χ1n) is 10.0. The first kappa shape index (κ1) is 19.1. The summed E-state index contributed by atoms with van der Waals surface area (Å²) in [7, 11) is 0. The van der Waals surface area contributed by atoms with Crippen LogP contribution < -0.4 is 5.32 Å². The van der Waals surface area contributed by atoms with Crippen molar-refractivity contribution in [2.45, 2.75) is 66.2 Å². The third-order valence-corrected chi connectivity index (χ3v) is 6.25. The van der Waals surface area contributed by atoms with Gasteiger partial charge in [-0.1, -0.05) is 39.8 Å². The van der Waals surface area contributed by atoms with Crippen molar-refractivity contribution in [2.75, 3.05) is 0 Å². The van der Waals surface area contributed by atoms with Crippen molar-refractivity contribution >= 4 is 11.6 Å². The average Bonchev–Trinajstić information content (AvgIpc) is 2.53. The number of halogens is 1. The number of hydrogen-bond donors (Lipinski definition) is 1. The lowest BCUT2D eigenvalue weighted by atomic mass is 9.64. The molecule has 3 nitrogen and oxygen atoms in total. The van der Waals surface area contributed by atoms with E-state index in [1.54, 1.807) is 13.0 Å². The van der Waals surface area contributed by atoms with Crippen molar-refractivity contribution in [3.8, 4) is 0 Å². The molecule has 1 aliphatic heterocycles. The molecule has 0 saturated heterocycles. The highest BCUT2D eigenvalue weighted by Gasteiger charge is 2.46. The molecule has 1 heterocycles. The van der Waals surface area contributed by atoms with Crippen LogP contribution in [0.15, 0.2) is 40.7 Å². The largest absolute Gasteiger partial charge is 0.362 e. The van der Waals surface area contributed by atoms with Crippen molar-refractivity contribution in [3.05, 3.63) is 57.7 Å². The summed E-state index contributed by atoms with van der Waals surface area (Å²) in [5, 5.41) is 3.48. The van der Waals surface area contributed by atoms with Crippen LogP contribution in [0.5, 0.6) is 0 Å².